The highest BCUT2D eigenvalue weighted by molar-refractivity contribution is 5.91. The van der Waals surface area contributed by atoms with E-state index in [0.29, 0.717) is 26.2 Å². The number of hydrogen-bond acceptors (Lipinski definition) is 5. The largest absolute Gasteiger partial charge is 0.491 e. The van der Waals surface area contributed by atoms with E-state index in [0.717, 1.165) is 33.7 Å². The van der Waals surface area contributed by atoms with Crippen molar-refractivity contribution in [1.29, 1.82) is 0 Å². The van der Waals surface area contributed by atoms with Gasteiger partial charge in [-0.15, -0.1) is 0 Å². The fraction of sp³-hybridized carbons (Fsp3) is 0.148. The number of nitrogens with zero attached hydrogens (tertiary/aromatic N) is 2. The van der Waals surface area contributed by atoms with Crippen LogP contribution in [0.4, 0.5) is 0 Å². The molecule has 0 saturated carbocycles. The van der Waals surface area contributed by atoms with Gasteiger partial charge in [0.15, 0.2) is 0 Å². The van der Waals surface area contributed by atoms with Crippen LogP contribution in [0.3, 0.4) is 0 Å². The summed E-state index contributed by atoms with van der Waals surface area (Å²) in [6.07, 6.45) is 7.50. The molecule has 0 atom stereocenters. The summed E-state index contributed by atoms with van der Waals surface area (Å²) >= 11 is 0. The van der Waals surface area contributed by atoms with Gasteiger partial charge < -0.3 is 14.8 Å². The first-order chi connectivity index (χ1) is 16.3. The van der Waals surface area contributed by atoms with Crippen LogP contribution in [0.5, 0.6) is 11.5 Å². The molecule has 6 heteroatoms. The lowest BCUT2D eigenvalue weighted by Gasteiger charge is -2.08. The summed E-state index contributed by atoms with van der Waals surface area (Å²) in [5.41, 5.74) is 2.64. The number of aromatic nitrogens is 2. The topological polar surface area (TPSA) is 73.3 Å². The average molecular weight is 440 g/mol. The third kappa shape index (κ3) is 6.64. The van der Waals surface area contributed by atoms with Gasteiger partial charge in [-0.2, -0.15) is 0 Å². The van der Waals surface area contributed by atoms with Crippen molar-refractivity contribution in [2.75, 3.05) is 13.2 Å². The van der Waals surface area contributed by atoms with E-state index in [9.17, 15) is 4.79 Å². The Bertz CT molecular complexity index is 1200. The van der Waals surface area contributed by atoms with E-state index in [4.69, 9.17) is 9.47 Å². The fourth-order valence-electron chi connectivity index (χ4n) is 3.21. The monoisotopic (exact) mass is 439 g/mol. The molecule has 0 fully saturated rings. The van der Waals surface area contributed by atoms with Crippen LogP contribution >= 0.6 is 0 Å². The summed E-state index contributed by atoms with van der Waals surface area (Å²) < 4.78 is 11.6. The maximum atomic E-state index is 12.1. The maximum absolute atomic E-state index is 12.1. The van der Waals surface area contributed by atoms with Crippen molar-refractivity contribution in [2.45, 2.75) is 13.0 Å². The number of nitrogens with one attached hydrogen (secondary N) is 1. The first kappa shape index (κ1) is 22.0. The fourth-order valence-corrected chi connectivity index (χ4v) is 3.21. The highest BCUT2D eigenvalue weighted by atomic mass is 16.5. The van der Waals surface area contributed by atoms with E-state index in [-0.39, 0.29) is 5.91 Å². The van der Waals surface area contributed by atoms with Crippen molar-refractivity contribution in [3.63, 3.8) is 0 Å². The van der Waals surface area contributed by atoms with E-state index < -0.39 is 0 Å². The molecule has 0 bridgehead atoms. The van der Waals surface area contributed by atoms with Gasteiger partial charge in [-0.1, -0.05) is 36.4 Å². The van der Waals surface area contributed by atoms with Gasteiger partial charge in [0, 0.05) is 30.4 Å². The molecule has 2 aromatic heterocycles. The molecular formula is C27H25N3O3. The van der Waals surface area contributed by atoms with Gasteiger partial charge in [0.05, 0.1) is 12.3 Å². The molecule has 0 unspecified atom stereocenters. The number of para-hydroxylation sites is 1. The summed E-state index contributed by atoms with van der Waals surface area (Å²) in [4.78, 5) is 20.7. The van der Waals surface area contributed by atoms with Gasteiger partial charge in [0.1, 0.15) is 23.6 Å². The molecule has 4 aromatic rings. The average Bonchev–Trinajstić information content (AvgIpc) is 2.87. The van der Waals surface area contributed by atoms with Gasteiger partial charge in [0.25, 0.3) is 0 Å². The van der Waals surface area contributed by atoms with Crippen molar-refractivity contribution < 1.29 is 14.3 Å². The first-order valence-corrected chi connectivity index (χ1v) is 10.8. The van der Waals surface area contributed by atoms with Crippen molar-refractivity contribution in [2.24, 2.45) is 0 Å². The predicted octanol–water partition coefficient (Wildman–Crippen LogP) is 4.81. The molecule has 33 heavy (non-hydrogen) atoms. The Labute approximate surface area is 192 Å². The molecule has 0 saturated heterocycles. The molecule has 6 nitrogen and oxygen atoms in total. The van der Waals surface area contributed by atoms with E-state index >= 15 is 0 Å². The zero-order valence-electron chi connectivity index (χ0n) is 18.2. The smallest absolute Gasteiger partial charge is 0.244 e. The lowest BCUT2D eigenvalue weighted by atomic mass is 10.2. The Balaban J connectivity index is 1.16. The Morgan fingerprint density at radius 2 is 1.73 bits per heavy atom. The van der Waals surface area contributed by atoms with E-state index in [1.54, 1.807) is 18.5 Å². The quantitative estimate of drug-likeness (QED) is 0.284. The number of rotatable bonds is 10. The third-order valence-electron chi connectivity index (χ3n) is 4.89. The molecule has 4 rings (SSSR count). The summed E-state index contributed by atoms with van der Waals surface area (Å²) in [6, 6.07) is 23.1. The van der Waals surface area contributed by atoms with Crippen molar-refractivity contribution >= 4 is 22.9 Å². The minimum Gasteiger partial charge on any atom is -0.491 e. The van der Waals surface area contributed by atoms with Crippen LogP contribution < -0.4 is 14.8 Å². The predicted molar refractivity (Wildman–Crippen MR) is 129 cm³/mol. The number of fused-ring (bicyclic) bond motifs is 1. The number of carbonyl (C=O) groups is 1. The minimum atomic E-state index is -0.141. The SMILES string of the molecule is O=C(/C=C/c1ccc(OCc2ccccn2)cc1)NCCCOc1cccc2cccnc12. The lowest BCUT2D eigenvalue weighted by Crippen LogP contribution is -2.23. The molecule has 2 aromatic carbocycles. The van der Waals surface area contributed by atoms with Crippen LogP contribution in [0.25, 0.3) is 17.0 Å². The highest BCUT2D eigenvalue weighted by Crippen LogP contribution is 2.22. The van der Waals surface area contributed by atoms with Gasteiger partial charge in [-0.3, -0.25) is 14.8 Å². The minimum absolute atomic E-state index is 0.141. The second kappa shape index (κ2) is 11.4. The molecule has 0 aliphatic rings. The zero-order valence-corrected chi connectivity index (χ0v) is 18.2. The van der Waals surface area contributed by atoms with E-state index in [2.05, 4.69) is 15.3 Å². The Kier molecular flexibility index (Phi) is 7.63. The molecular weight excluding hydrogens is 414 g/mol. The molecule has 0 spiro atoms. The number of amides is 1. The Morgan fingerprint density at radius 1 is 0.879 bits per heavy atom. The summed E-state index contributed by atoms with van der Waals surface area (Å²) in [5.74, 6) is 1.37. The third-order valence-corrected chi connectivity index (χ3v) is 4.89. The van der Waals surface area contributed by atoms with Gasteiger partial charge >= 0.3 is 0 Å². The van der Waals surface area contributed by atoms with Gasteiger partial charge in [-0.05, 0) is 54.5 Å². The number of carbonyl (C=O) groups excluding carboxylic acids is 1. The standard InChI is InChI=1S/C27H25N3O3/c31-26(29-18-5-19-32-25-9-3-6-22-7-4-17-30-27(22)25)15-12-21-10-13-24(14-11-21)33-20-23-8-1-2-16-28-23/h1-4,6-17H,5,18-20H2,(H,29,31)/b15-12+. The highest BCUT2D eigenvalue weighted by Gasteiger charge is 2.03. The van der Waals surface area contributed by atoms with Crippen LogP contribution in [0.15, 0.2) is 91.3 Å². The molecule has 166 valence electrons. The van der Waals surface area contributed by atoms with Crippen molar-refractivity contribution in [3.05, 3.63) is 103 Å². The van der Waals surface area contributed by atoms with Gasteiger partial charge in [-0.25, -0.2) is 0 Å². The maximum Gasteiger partial charge on any atom is 0.244 e. The first-order valence-electron chi connectivity index (χ1n) is 10.8. The van der Waals surface area contributed by atoms with Crippen LogP contribution in [0.1, 0.15) is 17.7 Å². The van der Waals surface area contributed by atoms with Crippen LogP contribution in [-0.2, 0) is 11.4 Å². The van der Waals surface area contributed by atoms with Crippen LogP contribution in [0, 0.1) is 0 Å². The normalized spacial score (nSPS) is 10.9. The number of hydrogen-bond donors (Lipinski definition) is 1. The van der Waals surface area contributed by atoms with Crippen molar-refractivity contribution in [1.82, 2.24) is 15.3 Å². The molecule has 0 aliphatic heterocycles. The van der Waals surface area contributed by atoms with E-state index in [1.807, 2.05) is 72.8 Å². The molecule has 2 heterocycles. The second-order valence-corrected chi connectivity index (χ2v) is 7.34. The van der Waals surface area contributed by atoms with Crippen molar-refractivity contribution in [3.8, 4) is 11.5 Å². The summed E-state index contributed by atoms with van der Waals surface area (Å²) in [7, 11) is 0. The summed E-state index contributed by atoms with van der Waals surface area (Å²) in [5, 5.41) is 3.92. The van der Waals surface area contributed by atoms with E-state index in [1.165, 1.54) is 6.08 Å². The second-order valence-electron chi connectivity index (χ2n) is 7.34. The number of benzene rings is 2. The molecule has 0 radical (unpaired) electrons. The Hall–Kier alpha value is -4.19. The zero-order chi connectivity index (χ0) is 22.7. The van der Waals surface area contributed by atoms with Crippen LogP contribution in [-0.4, -0.2) is 29.0 Å². The van der Waals surface area contributed by atoms with Crippen LogP contribution in [0.2, 0.25) is 0 Å². The summed E-state index contributed by atoms with van der Waals surface area (Å²) in [6.45, 7) is 1.44. The van der Waals surface area contributed by atoms with Gasteiger partial charge in [0.2, 0.25) is 5.91 Å². The molecule has 0 aliphatic carbocycles. The Morgan fingerprint density at radius 3 is 2.58 bits per heavy atom. The molecule has 1 amide bonds. The lowest BCUT2D eigenvalue weighted by molar-refractivity contribution is -0.116. The number of pyridine rings is 2. The number of ether oxygens (including phenoxy) is 2. The molecule has 1 N–H and O–H groups in total.